The zero-order valence-electron chi connectivity index (χ0n) is 11.2. The first-order chi connectivity index (χ1) is 10.7. The van der Waals surface area contributed by atoms with Gasteiger partial charge >= 0.3 is 11.9 Å². The minimum absolute atomic E-state index is 0.0301. The molecule has 2 rings (SSSR count). The van der Waals surface area contributed by atoms with Crippen molar-refractivity contribution in [3.8, 4) is 23.0 Å². The lowest BCUT2D eigenvalue weighted by atomic mass is 10.2. The van der Waals surface area contributed by atoms with Gasteiger partial charge in [0.1, 0.15) is 34.1 Å². The normalized spacial score (nSPS) is 10.4. The Hall–Kier alpha value is -3.07. The smallest absolute Gasteiger partial charge is 0.343 e. The zero-order valence-corrected chi connectivity index (χ0v) is 12.0. The van der Waals surface area contributed by atoms with E-state index in [1.54, 1.807) is 0 Å². The lowest BCUT2D eigenvalue weighted by Crippen LogP contribution is -1.99. The van der Waals surface area contributed by atoms with Crippen molar-refractivity contribution >= 4 is 23.7 Å². The molecule has 0 fully saturated rings. The van der Waals surface area contributed by atoms with Crippen LogP contribution in [0.3, 0.4) is 0 Å². The predicted octanol–water partition coefficient (Wildman–Crippen LogP) is 2.06. The van der Waals surface area contributed by atoms with Crippen LogP contribution in [0.2, 0.25) is 0 Å². The van der Waals surface area contributed by atoms with Gasteiger partial charge in [0.2, 0.25) is 0 Å². The van der Waals surface area contributed by atoms with Crippen molar-refractivity contribution in [1.29, 1.82) is 0 Å². The summed E-state index contributed by atoms with van der Waals surface area (Å²) in [6.45, 7) is 0. The van der Waals surface area contributed by atoms with Crippen LogP contribution in [0.4, 0.5) is 0 Å². The molecule has 0 radical (unpaired) electrons. The van der Waals surface area contributed by atoms with Crippen molar-refractivity contribution in [3.05, 3.63) is 35.4 Å². The molecule has 9 heteroatoms. The summed E-state index contributed by atoms with van der Waals surface area (Å²) in [6.07, 6.45) is 0. The average molecular weight is 338 g/mol. The summed E-state index contributed by atoms with van der Waals surface area (Å²) in [5.41, 5.74) is -1.43. The SMILES string of the molecule is O=C(O)c1c(O)ccc(Sc2ccc(O)c(C(=O)O)c2O)c1O. The fourth-order valence-electron chi connectivity index (χ4n) is 1.83. The van der Waals surface area contributed by atoms with E-state index in [0.29, 0.717) is 11.8 Å². The Morgan fingerprint density at radius 2 is 1.04 bits per heavy atom. The summed E-state index contributed by atoms with van der Waals surface area (Å²) >= 11 is 0.672. The zero-order chi connectivity index (χ0) is 17.3. The number of hydrogen-bond donors (Lipinski definition) is 6. The van der Waals surface area contributed by atoms with E-state index in [2.05, 4.69) is 0 Å². The Morgan fingerprint density at radius 3 is 1.35 bits per heavy atom. The number of phenols is 4. The molecule has 0 bridgehead atoms. The van der Waals surface area contributed by atoms with Crippen LogP contribution in [0, 0.1) is 0 Å². The van der Waals surface area contributed by atoms with Crippen molar-refractivity contribution < 1.29 is 40.2 Å². The maximum atomic E-state index is 11.0. The highest BCUT2D eigenvalue weighted by molar-refractivity contribution is 7.99. The molecule has 0 aliphatic heterocycles. The van der Waals surface area contributed by atoms with Crippen LogP contribution < -0.4 is 0 Å². The van der Waals surface area contributed by atoms with Crippen molar-refractivity contribution in [1.82, 2.24) is 0 Å². The summed E-state index contributed by atoms with van der Waals surface area (Å²) in [5, 5.41) is 56.6. The van der Waals surface area contributed by atoms with Crippen molar-refractivity contribution in [2.24, 2.45) is 0 Å². The molecule has 0 spiro atoms. The number of carboxylic acid groups (broad SMARTS) is 2. The van der Waals surface area contributed by atoms with Gasteiger partial charge < -0.3 is 30.6 Å². The van der Waals surface area contributed by atoms with Crippen LogP contribution in [0.1, 0.15) is 20.7 Å². The Kier molecular flexibility index (Phi) is 4.23. The molecule has 0 aliphatic rings. The second-order valence-corrected chi connectivity index (χ2v) is 5.41. The molecule has 0 amide bonds. The van der Waals surface area contributed by atoms with E-state index < -0.39 is 46.1 Å². The Bertz CT molecular complexity index is 747. The van der Waals surface area contributed by atoms with Gasteiger partial charge in [-0.3, -0.25) is 0 Å². The van der Waals surface area contributed by atoms with Gasteiger partial charge in [-0.15, -0.1) is 0 Å². The summed E-state index contributed by atoms with van der Waals surface area (Å²) in [4.78, 5) is 22.0. The highest BCUT2D eigenvalue weighted by Crippen LogP contribution is 2.44. The molecule has 0 saturated heterocycles. The quantitative estimate of drug-likeness (QED) is 0.491. The molecule has 6 N–H and O–H groups in total. The maximum absolute atomic E-state index is 11.0. The number of hydrogen-bond acceptors (Lipinski definition) is 7. The fourth-order valence-corrected chi connectivity index (χ4v) is 2.73. The molecule has 2 aromatic carbocycles. The van der Waals surface area contributed by atoms with E-state index in [1.807, 2.05) is 0 Å². The number of carboxylic acids is 2. The monoisotopic (exact) mass is 338 g/mol. The molecule has 0 aromatic heterocycles. The Labute approximate surface area is 132 Å². The molecular weight excluding hydrogens is 328 g/mol. The summed E-state index contributed by atoms with van der Waals surface area (Å²) in [5.74, 6) is -5.84. The van der Waals surface area contributed by atoms with E-state index in [0.717, 1.165) is 12.1 Å². The topological polar surface area (TPSA) is 156 Å². The summed E-state index contributed by atoms with van der Waals surface area (Å²) < 4.78 is 0. The van der Waals surface area contributed by atoms with Gasteiger partial charge in [-0.05, 0) is 24.3 Å². The number of aromatic carboxylic acids is 2. The van der Waals surface area contributed by atoms with Crippen molar-refractivity contribution in [2.75, 3.05) is 0 Å². The van der Waals surface area contributed by atoms with Crippen molar-refractivity contribution in [2.45, 2.75) is 9.79 Å². The molecule has 0 unspecified atom stereocenters. The van der Waals surface area contributed by atoms with E-state index in [1.165, 1.54) is 12.1 Å². The average Bonchev–Trinajstić information content (AvgIpc) is 2.44. The summed E-state index contributed by atoms with van der Waals surface area (Å²) in [6, 6.07) is 4.49. The second kappa shape index (κ2) is 5.97. The van der Waals surface area contributed by atoms with Crippen LogP contribution >= 0.6 is 11.8 Å². The molecule has 0 heterocycles. The van der Waals surface area contributed by atoms with Crippen LogP contribution in [-0.2, 0) is 0 Å². The highest BCUT2D eigenvalue weighted by atomic mass is 32.2. The molecule has 8 nitrogen and oxygen atoms in total. The third-order valence-corrected chi connectivity index (χ3v) is 3.98. The maximum Gasteiger partial charge on any atom is 0.343 e. The van der Waals surface area contributed by atoms with Gasteiger partial charge in [-0.25, -0.2) is 9.59 Å². The minimum atomic E-state index is -1.55. The third-order valence-electron chi connectivity index (χ3n) is 2.89. The Morgan fingerprint density at radius 1 is 0.696 bits per heavy atom. The van der Waals surface area contributed by atoms with E-state index >= 15 is 0 Å². The van der Waals surface area contributed by atoms with Gasteiger partial charge in [-0.1, -0.05) is 11.8 Å². The van der Waals surface area contributed by atoms with E-state index in [-0.39, 0.29) is 9.79 Å². The van der Waals surface area contributed by atoms with Gasteiger partial charge in [0, 0.05) is 0 Å². The third kappa shape index (κ3) is 2.94. The molecule has 23 heavy (non-hydrogen) atoms. The lowest BCUT2D eigenvalue weighted by molar-refractivity contribution is 0.0678. The minimum Gasteiger partial charge on any atom is -0.507 e. The lowest BCUT2D eigenvalue weighted by Gasteiger charge is -2.11. The molecule has 120 valence electrons. The van der Waals surface area contributed by atoms with Gasteiger partial charge in [0.25, 0.3) is 0 Å². The largest absolute Gasteiger partial charge is 0.507 e. The Balaban J connectivity index is 2.53. The number of benzene rings is 2. The van der Waals surface area contributed by atoms with Gasteiger partial charge in [0.15, 0.2) is 0 Å². The van der Waals surface area contributed by atoms with Crippen LogP contribution in [0.25, 0.3) is 0 Å². The molecule has 0 aliphatic carbocycles. The standard InChI is InChI=1S/C14H10O8S/c15-5-1-3-7(11(17)9(5)13(19)20)23-8-4-2-6(16)10(12(8)18)14(21)22/h1-4,15-18H,(H,19,20)(H,21,22). The first-order valence-electron chi connectivity index (χ1n) is 5.98. The van der Waals surface area contributed by atoms with Crippen LogP contribution in [0.5, 0.6) is 23.0 Å². The molecule has 0 saturated carbocycles. The van der Waals surface area contributed by atoms with E-state index in [9.17, 15) is 30.0 Å². The van der Waals surface area contributed by atoms with Crippen LogP contribution in [-0.4, -0.2) is 42.6 Å². The van der Waals surface area contributed by atoms with Crippen molar-refractivity contribution in [3.63, 3.8) is 0 Å². The van der Waals surface area contributed by atoms with Crippen LogP contribution in [0.15, 0.2) is 34.1 Å². The number of aromatic hydroxyl groups is 4. The molecule has 2 aromatic rings. The summed E-state index contributed by atoms with van der Waals surface area (Å²) in [7, 11) is 0. The molecule has 0 atom stereocenters. The van der Waals surface area contributed by atoms with Gasteiger partial charge in [0.05, 0.1) is 9.79 Å². The van der Waals surface area contributed by atoms with Gasteiger partial charge in [-0.2, -0.15) is 0 Å². The fraction of sp³-hybridized carbons (Fsp3) is 0. The first-order valence-corrected chi connectivity index (χ1v) is 6.80. The second-order valence-electron chi connectivity index (χ2n) is 4.33. The highest BCUT2D eigenvalue weighted by Gasteiger charge is 2.23. The van der Waals surface area contributed by atoms with E-state index in [4.69, 9.17) is 10.2 Å². The molecular formula is C14H10O8S. The predicted molar refractivity (Wildman–Crippen MR) is 77.6 cm³/mol. The number of carbonyl (C=O) groups is 2. The first kappa shape index (κ1) is 16.3. The number of rotatable bonds is 4.